The molecule has 2 saturated carbocycles. The third kappa shape index (κ3) is 4.67. The number of benzene rings is 1. The number of hydrogen-bond donors (Lipinski definition) is 3. The molecule has 0 radical (unpaired) electrons. The summed E-state index contributed by atoms with van der Waals surface area (Å²) in [5.41, 5.74) is 13.4. The first-order valence-electron chi connectivity index (χ1n) is 12.4. The summed E-state index contributed by atoms with van der Waals surface area (Å²) in [5, 5.41) is 3.09. The molecule has 1 aromatic carbocycles. The number of carbonyl (C=O) groups excluding carboxylic acids is 2. The number of anilines is 1. The Morgan fingerprint density at radius 1 is 1.42 bits per heavy atom. The summed E-state index contributed by atoms with van der Waals surface area (Å²) in [6.07, 6.45) is 6.35. The van der Waals surface area contributed by atoms with Gasteiger partial charge in [-0.15, -0.1) is 9.24 Å². The molecular formula is C26H32ClIN5O4P. The summed E-state index contributed by atoms with van der Waals surface area (Å²) in [5.74, 6) is 1.53. The van der Waals surface area contributed by atoms with Crippen LogP contribution in [0.1, 0.15) is 44.1 Å². The van der Waals surface area contributed by atoms with Gasteiger partial charge in [0, 0.05) is 24.4 Å². The van der Waals surface area contributed by atoms with Crippen molar-refractivity contribution >= 4 is 69.5 Å². The molecular weight excluding hydrogens is 640 g/mol. The first-order chi connectivity index (χ1) is 18.2. The molecule has 5 N–H and O–H groups in total. The molecule has 204 valence electrons. The molecule has 4 unspecified atom stereocenters. The van der Waals surface area contributed by atoms with E-state index in [-0.39, 0.29) is 45.9 Å². The number of nitrogens with one attached hydrogen (secondary N) is 1. The average molecular weight is 672 g/mol. The van der Waals surface area contributed by atoms with E-state index >= 15 is 0 Å². The molecule has 4 aliphatic rings. The fourth-order valence-electron chi connectivity index (χ4n) is 5.84. The van der Waals surface area contributed by atoms with E-state index < -0.39 is 30.2 Å². The van der Waals surface area contributed by atoms with Crippen LogP contribution in [0.25, 0.3) is 0 Å². The van der Waals surface area contributed by atoms with Crippen LogP contribution in [0.5, 0.6) is 0 Å². The summed E-state index contributed by atoms with van der Waals surface area (Å²) >= 11 is 5.93. The van der Waals surface area contributed by atoms with Crippen molar-refractivity contribution in [3.8, 4) is 0 Å². The molecule has 0 bridgehead atoms. The Hall–Kier alpha value is -2.01. The lowest BCUT2D eigenvalue weighted by Crippen LogP contribution is -2.52. The highest BCUT2D eigenvalue weighted by Gasteiger charge is 2.66. The molecule has 1 saturated heterocycles. The van der Waals surface area contributed by atoms with Crippen molar-refractivity contribution < 1.29 is 19.1 Å². The van der Waals surface area contributed by atoms with Crippen LogP contribution in [-0.2, 0) is 22.6 Å². The largest absolute Gasteiger partial charge is 0.496 e. The molecule has 3 fully saturated rings. The number of alkyl halides is 1. The fraction of sp³-hybridized carbons (Fsp3) is 0.462. The Balaban J connectivity index is 1.41. The van der Waals surface area contributed by atoms with Crippen LogP contribution in [0, 0.1) is 5.41 Å². The van der Waals surface area contributed by atoms with E-state index in [2.05, 4.69) is 19.1 Å². The quantitative estimate of drug-likeness (QED) is 0.0771. The number of rotatable bonds is 7. The summed E-state index contributed by atoms with van der Waals surface area (Å²) in [6, 6.07) is 5.32. The number of aliphatic imine (C=N–C) groups is 1. The van der Waals surface area contributed by atoms with E-state index in [4.69, 9.17) is 37.5 Å². The summed E-state index contributed by atoms with van der Waals surface area (Å²) in [7, 11) is 3.82. The molecule has 2 amide bonds. The topological polar surface area (TPSA) is 132 Å². The number of guanidine groups is 1. The molecule has 0 aromatic heterocycles. The van der Waals surface area contributed by atoms with Crippen molar-refractivity contribution in [1.82, 2.24) is 4.90 Å². The van der Waals surface area contributed by atoms with Gasteiger partial charge in [-0.3, -0.25) is 14.5 Å². The van der Waals surface area contributed by atoms with Crippen LogP contribution >= 0.6 is 41.6 Å². The first kappa shape index (κ1) is 27.6. The summed E-state index contributed by atoms with van der Waals surface area (Å²) in [6.45, 7) is 0.734. The molecule has 2 aliphatic carbocycles. The smallest absolute Gasteiger partial charge is 0.260 e. The Morgan fingerprint density at radius 2 is 2.18 bits per heavy atom. The van der Waals surface area contributed by atoms with E-state index in [9.17, 15) is 9.59 Å². The minimum absolute atomic E-state index is 0.0213. The third-order valence-corrected chi connectivity index (χ3v) is 11.2. The molecule has 9 nitrogen and oxygen atoms in total. The zero-order valence-corrected chi connectivity index (χ0v) is 25.2. The third-order valence-electron chi connectivity index (χ3n) is 8.07. The van der Waals surface area contributed by atoms with Crippen molar-refractivity contribution in [2.24, 2.45) is 21.9 Å². The van der Waals surface area contributed by atoms with Gasteiger partial charge in [0.2, 0.25) is 5.91 Å². The van der Waals surface area contributed by atoms with Gasteiger partial charge in [-0.2, -0.15) is 0 Å². The van der Waals surface area contributed by atoms with Gasteiger partial charge in [-0.1, -0.05) is 49.0 Å². The number of halogens is 2. The maximum absolute atomic E-state index is 13.6. The maximum Gasteiger partial charge on any atom is 0.260 e. The second kappa shape index (κ2) is 10.2. The maximum atomic E-state index is 13.6. The highest BCUT2D eigenvalue weighted by Crippen LogP contribution is 2.65. The lowest BCUT2D eigenvalue weighted by atomic mass is 9.89. The number of nitrogens with two attached hydrogens (primary N) is 2. The lowest BCUT2D eigenvalue weighted by Gasteiger charge is -2.38. The molecule has 2 heterocycles. The van der Waals surface area contributed by atoms with Gasteiger partial charge in [-0.25, -0.2) is 4.99 Å². The minimum atomic E-state index is -0.937. The molecule has 5 rings (SSSR count). The first-order valence-corrected chi connectivity index (χ1v) is 16.0. The average Bonchev–Trinajstić information content (AvgIpc) is 3.80. The Morgan fingerprint density at radius 3 is 2.79 bits per heavy atom. The molecule has 2 spiro atoms. The van der Waals surface area contributed by atoms with Gasteiger partial charge >= 0.3 is 0 Å². The van der Waals surface area contributed by atoms with Crippen molar-refractivity contribution in [2.75, 3.05) is 19.0 Å². The fourth-order valence-corrected chi connectivity index (χ4v) is 8.52. The number of ether oxygens (including phenoxy) is 2. The predicted octanol–water partition coefficient (Wildman–Crippen LogP) is 3.69. The number of amides is 2. The van der Waals surface area contributed by atoms with Crippen LogP contribution in [0.2, 0.25) is 5.02 Å². The molecule has 4 atom stereocenters. The van der Waals surface area contributed by atoms with Gasteiger partial charge in [-0.05, 0) is 49.4 Å². The predicted molar refractivity (Wildman–Crippen MR) is 161 cm³/mol. The van der Waals surface area contributed by atoms with Gasteiger partial charge in [0.05, 0.1) is 35.4 Å². The van der Waals surface area contributed by atoms with Crippen LogP contribution in [0.3, 0.4) is 0 Å². The summed E-state index contributed by atoms with van der Waals surface area (Å²) < 4.78 is 14.5. The lowest BCUT2D eigenvalue weighted by molar-refractivity contribution is -0.130. The number of carbonyl (C=O) groups is 2. The van der Waals surface area contributed by atoms with Crippen LogP contribution in [0.15, 0.2) is 46.5 Å². The standard InChI is InChI=1S/C26H32ClIN5O4P/c1-28-26(16-4-3-5-17(21(16)27)31-22(35)15(12-29)18(13-38)36-2)11-20(34)33(23(30)32-26)19-10-24(19)8-9-37-25(14-24)6-7-25/h3-5,12-13,19H,1,6-11,14,29,38H2,2H3,(H2,30,32)(H,31,35)/b15-12+,18-13+. The van der Waals surface area contributed by atoms with Gasteiger partial charge in [0.25, 0.3) is 5.91 Å². The van der Waals surface area contributed by atoms with Crippen LogP contribution < -0.4 is 16.8 Å². The number of methoxy groups -OCH3 is 1. The SMILES string of the molecule is C=IC1(c2cccc(NC(=O)C(=C/N)/C(=C\P)OC)c2Cl)CC(=O)N(C2CC23CCOC2(CC2)C3)C(N)=N1. The van der Waals surface area contributed by atoms with Crippen molar-refractivity contribution in [2.45, 2.75) is 53.7 Å². The normalized spacial score (nSPS) is 30.3. The molecule has 1 aromatic rings. The monoisotopic (exact) mass is 671 g/mol. The van der Waals surface area contributed by atoms with Crippen molar-refractivity contribution in [1.29, 1.82) is 0 Å². The van der Waals surface area contributed by atoms with E-state index in [0.29, 0.717) is 17.0 Å². The second-order valence-corrected chi connectivity index (χ2v) is 13.5. The zero-order valence-electron chi connectivity index (χ0n) is 21.1. The highest BCUT2D eigenvalue weighted by atomic mass is 127. The zero-order chi connectivity index (χ0) is 27.3. The molecule has 2 aliphatic heterocycles. The van der Waals surface area contributed by atoms with Crippen molar-refractivity contribution in [3.05, 3.63) is 52.1 Å². The van der Waals surface area contributed by atoms with E-state index in [1.54, 1.807) is 22.8 Å². The van der Waals surface area contributed by atoms with E-state index in [1.165, 1.54) is 13.3 Å². The summed E-state index contributed by atoms with van der Waals surface area (Å²) in [4.78, 5) is 33.2. The van der Waals surface area contributed by atoms with Gasteiger partial charge in [0.1, 0.15) is 9.30 Å². The van der Waals surface area contributed by atoms with E-state index in [0.717, 1.165) is 38.7 Å². The van der Waals surface area contributed by atoms with E-state index in [1.807, 2.05) is 6.07 Å². The molecule has 38 heavy (non-hydrogen) atoms. The minimum Gasteiger partial charge on any atom is -0.496 e. The molecule has 12 heteroatoms. The van der Waals surface area contributed by atoms with Crippen LogP contribution in [0.4, 0.5) is 5.69 Å². The Bertz CT molecular complexity index is 1300. The number of hydrogen-bond acceptors (Lipinski definition) is 7. The van der Waals surface area contributed by atoms with Gasteiger partial charge < -0.3 is 26.3 Å². The van der Waals surface area contributed by atoms with Crippen molar-refractivity contribution in [3.63, 3.8) is 0 Å². The van der Waals surface area contributed by atoms with Crippen LogP contribution in [-0.4, -0.2) is 52.5 Å². The Kier molecular flexibility index (Phi) is 7.39. The Labute approximate surface area is 239 Å². The van der Waals surface area contributed by atoms with Gasteiger partial charge in [0.15, 0.2) is 5.96 Å². The number of nitrogens with zero attached hydrogens (tertiary/aromatic N) is 2. The second-order valence-electron chi connectivity index (χ2n) is 10.3. The highest BCUT2D eigenvalue weighted by molar-refractivity contribution is 14.2.